The minimum atomic E-state index is -0.654. The Balaban J connectivity index is 1.73. The molecule has 0 N–H and O–H groups in total. The lowest BCUT2D eigenvalue weighted by molar-refractivity contribution is -0.120. The summed E-state index contributed by atoms with van der Waals surface area (Å²) >= 11 is 0. The molecule has 0 saturated heterocycles. The number of anilines is 1. The fourth-order valence-electron chi connectivity index (χ4n) is 4.11. The number of rotatable bonds is 5. The maximum atomic E-state index is 13.5. The average molecular weight is 417 g/mol. The van der Waals surface area contributed by atoms with Crippen molar-refractivity contribution in [3.63, 3.8) is 0 Å². The van der Waals surface area contributed by atoms with Gasteiger partial charge in [0.1, 0.15) is 11.8 Å². The number of methoxy groups -OCH3 is 1. The van der Waals surface area contributed by atoms with Crippen LogP contribution in [-0.4, -0.2) is 50.0 Å². The Morgan fingerprint density at radius 1 is 1.23 bits per heavy atom. The molecule has 2 amide bonds. The SMILES string of the molecule is COc1cc2c(cc1CCN=[N+]=[N-])N(C)C(=O)[C@H]1C=C(c3ccc(C)cc3)CN1C2=O. The molecule has 0 unspecified atom stereocenters. The Hall–Kier alpha value is -3.77. The van der Waals surface area contributed by atoms with Gasteiger partial charge in [-0.15, -0.1) is 0 Å². The van der Waals surface area contributed by atoms with Crippen molar-refractivity contribution in [2.24, 2.45) is 5.11 Å². The maximum Gasteiger partial charge on any atom is 0.257 e. The minimum Gasteiger partial charge on any atom is -0.496 e. The number of azide groups is 1. The Kier molecular flexibility index (Phi) is 5.40. The first-order valence-corrected chi connectivity index (χ1v) is 10.0. The number of hydrogen-bond donors (Lipinski definition) is 0. The highest BCUT2D eigenvalue weighted by molar-refractivity contribution is 6.13. The first-order chi connectivity index (χ1) is 14.9. The summed E-state index contributed by atoms with van der Waals surface area (Å²) in [6, 6.07) is 10.9. The molecule has 8 nitrogen and oxygen atoms in total. The monoisotopic (exact) mass is 417 g/mol. The summed E-state index contributed by atoms with van der Waals surface area (Å²) in [5.74, 6) is 0.154. The molecule has 158 valence electrons. The second kappa shape index (κ2) is 8.16. The third-order valence-electron chi connectivity index (χ3n) is 5.84. The van der Waals surface area contributed by atoms with Gasteiger partial charge in [-0.05, 0) is 53.8 Å². The summed E-state index contributed by atoms with van der Waals surface area (Å²) in [6.07, 6.45) is 2.33. The third-order valence-corrected chi connectivity index (χ3v) is 5.84. The molecule has 2 aliphatic heterocycles. The van der Waals surface area contributed by atoms with Crippen LogP contribution < -0.4 is 9.64 Å². The standard InChI is InChI=1S/C23H23N5O3/c1-14-4-6-15(7-5-14)17-11-20-23(30)27(2)19-10-16(8-9-25-26-24)21(31-3)12-18(19)22(29)28(20)13-17/h4-7,10-12,20H,8-9,13H2,1-3H3/t20-/m1/s1. The molecule has 0 spiro atoms. The zero-order valence-electron chi connectivity index (χ0n) is 17.7. The van der Waals surface area contributed by atoms with E-state index in [-0.39, 0.29) is 18.4 Å². The van der Waals surface area contributed by atoms with E-state index in [1.165, 1.54) is 12.0 Å². The van der Waals surface area contributed by atoms with Crippen LogP contribution in [0, 0.1) is 6.92 Å². The number of amides is 2. The molecule has 0 aromatic heterocycles. The summed E-state index contributed by atoms with van der Waals surface area (Å²) < 4.78 is 5.48. The molecule has 2 aromatic carbocycles. The fraction of sp³-hybridized carbons (Fsp3) is 0.304. The second-order valence-corrected chi connectivity index (χ2v) is 7.72. The number of nitrogens with zero attached hydrogens (tertiary/aromatic N) is 5. The van der Waals surface area contributed by atoms with Crippen LogP contribution in [-0.2, 0) is 11.2 Å². The first kappa shape index (κ1) is 20.5. The van der Waals surface area contributed by atoms with E-state index in [0.29, 0.717) is 30.0 Å². The Bertz CT molecular complexity index is 1130. The quantitative estimate of drug-likeness (QED) is 0.421. The minimum absolute atomic E-state index is 0.166. The van der Waals surface area contributed by atoms with E-state index in [2.05, 4.69) is 10.0 Å². The van der Waals surface area contributed by atoms with E-state index in [9.17, 15) is 9.59 Å². The third kappa shape index (κ3) is 3.62. The Morgan fingerprint density at radius 3 is 2.65 bits per heavy atom. The van der Waals surface area contributed by atoms with Crippen LogP contribution >= 0.6 is 0 Å². The number of ether oxygens (including phenoxy) is 1. The van der Waals surface area contributed by atoms with E-state index in [4.69, 9.17) is 10.3 Å². The van der Waals surface area contributed by atoms with E-state index in [0.717, 1.165) is 22.3 Å². The van der Waals surface area contributed by atoms with Crippen LogP contribution in [0.15, 0.2) is 47.6 Å². The van der Waals surface area contributed by atoms with Gasteiger partial charge in [-0.25, -0.2) is 0 Å². The molecule has 1 atom stereocenters. The number of carbonyl (C=O) groups is 2. The van der Waals surface area contributed by atoms with Crippen molar-refractivity contribution in [1.82, 2.24) is 4.90 Å². The lowest BCUT2D eigenvalue weighted by Crippen LogP contribution is -2.43. The highest BCUT2D eigenvalue weighted by Crippen LogP contribution is 2.37. The lowest BCUT2D eigenvalue weighted by Gasteiger charge is -2.22. The fourth-order valence-corrected chi connectivity index (χ4v) is 4.11. The molecule has 2 aromatic rings. The van der Waals surface area contributed by atoms with Crippen LogP contribution in [0.1, 0.15) is 27.0 Å². The summed E-state index contributed by atoms with van der Waals surface area (Å²) in [7, 11) is 3.21. The molecule has 2 aliphatic rings. The molecule has 8 heteroatoms. The normalized spacial score (nSPS) is 17.5. The number of fused-ring (bicyclic) bond motifs is 2. The molecule has 0 fully saturated rings. The zero-order valence-corrected chi connectivity index (χ0v) is 17.7. The van der Waals surface area contributed by atoms with E-state index < -0.39 is 6.04 Å². The van der Waals surface area contributed by atoms with Gasteiger partial charge in [-0.2, -0.15) is 0 Å². The lowest BCUT2D eigenvalue weighted by atomic mass is 10.0. The van der Waals surface area contributed by atoms with Crippen LogP contribution in [0.4, 0.5) is 5.69 Å². The second-order valence-electron chi connectivity index (χ2n) is 7.72. The van der Waals surface area contributed by atoms with Crippen molar-refractivity contribution in [1.29, 1.82) is 0 Å². The molecule has 4 rings (SSSR count). The van der Waals surface area contributed by atoms with Crippen LogP contribution in [0.3, 0.4) is 0 Å². The summed E-state index contributed by atoms with van der Waals surface area (Å²) in [6.45, 7) is 2.65. The number of likely N-dealkylation sites (N-methyl/N-ethyl adjacent to an activating group) is 1. The smallest absolute Gasteiger partial charge is 0.257 e. The number of hydrogen-bond acceptors (Lipinski definition) is 4. The predicted octanol–water partition coefficient (Wildman–Crippen LogP) is 3.74. The molecule has 2 heterocycles. The molecular formula is C23H23N5O3. The molecule has 0 aliphatic carbocycles. The first-order valence-electron chi connectivity index (χ1n) is 10.0. The summed E-state index contributed by atoms with van der Waals surface area (Å²) in [5.41, 5.74) is 13.4. The molecule has 0 saturated carbocycles. The van der Waals surface area contributed by atoms with Crippen molar-refractivity contribution < 1.29 is 14.3 Å². The van der Waals surface area contributed by atoms with Gasteiger partial charge >= 0.3 is 0 Å². The van der Waals surface area contributed by atoms with Crippen molar-refractivity contribution in [2.75, 3.05) is 32.1 Å². The zero-order chi connectivity index (χ0) is 22.1. The van der Waals surface area contributed by atoms with Crippen LogP contribution in [0.5, 0.6) is 5.75 Å². The Morgan fingerprint density at radius 2 is 1.97 bits per heavy atom. The van der Waals surface area contributed by atoms with Crippen LogP contribution in [0.2, 0.25) is 0 Å². The van der Waals surface area contributed by atoms with E-state index in [1.807, 2.05) is 37.3 Å². The molecule has 0 radical (unpaired) electrons. The van der Waals surface area contributed by atoms with Gasteiger partial charge in [0, 0.05) is 25.0 Å². The topological polar surface area (TPSA) is 98.6 Å². The van der Waals surface area contributed by atoms with Gasteiger partial charge in [-0.1, -0.05) is 34.9 Å². The van der Waals surface area contributed by atoms with Crippen molar-refractivity contribution in [3.8, 4) is 5.75 Å². The van der Waals surface area contributed by atoms with Gasteiger partial charge in [0.05, 0.1) is 18.4 Å². The largest absolute Gasteiger partial charge is 0.496 e. The van der Waals surface area contributed by atoms with Gasteiger partial charge in [0.15, 0.2) is 0 Å². The highest BCUT2D eigenvalue weighted by Gasteiger charge is 2.41. The Labute approximate surface area is 180 Å². The summed E-state index contributed by atoms with van der Waals surface area (Å²) in [4.78, 5) is 32.7. The maximum absolute atomic E-state index is 13.5. The van der Waals surface area contributed by atoms with Crippen molar-refractivity contribution >= 4 is 23.1 Å². The highest BCUT2D eigenvalue weighted by atomic mass is 16.5. The van der Waals surface area contributed by atoms with Crippen molar-refractivity contribution in [2.45, 2.75) is 19.4 Å². The van der Waals surface area contributed by atoms with E-state index in [1.54, 1.807) is 24.1 Å². The van der Waals surface area contributed by atoms with Gasteiger partial charge in [0.2, 0.25) is 0 Å². The van der Waals surface area contributed by atoms with E-state index >= 15 is 0 Å². The molecule has 31 heavy (non-hydrogen) atoms. The number of benzene rings is 2. The molecular weight excluding hydrogens is 394 g/mol. The van der Waals surface area contributed by atoms with Gasteiger partial charge in [-0.3, -0.25) is 9.59 Å². The van der Waals surface area contributed by atoms with Gasteiger partial charge < -0.3 is 14.5 Å². The van der Waals surface area contributed by atoms with Crippen molar-refractivity contribution in [3.05, 3.63) is 75.2 Å². The number of aryl methyl sites for hydroxylation is 1. The predicted molar refractivity (Wildman–Crippen MR) is 118 cm³/mol. The van der Waals surface area contributed by atoms with Crippen LogP contribution in [0.25, 0.3) is 16.0 Å². The number of carbonyl (C=O) groups excluding carboxylic acids is 2. The molecule has 0 bridgehead atoms. The van der Waals surface area contributed by atoms with Gasteiger partial charge in [0.25, 0.3) is 11.8 Å². The summed E-state index contributed by atoms with van der Waals surface area (Å²) in [5, 5.41) is 3.57. The average Bonchev–Trinajstić information content (AvgIpc) is 3.21.